The van der Waals surface area contributed by atoms with Crippen LogP contribution in [0.25, 0.3) is 0 Å². The van der Waals surface area contributed by atoms with Crippen LogP contribution in [0.15, 0.2) is 0 Å². The van der Waals surface area contributed by atoms with Gasteiger partial charge < -0.3 is 10.2 Å². The Balaban J connectivity index is 1.55. The summed E-state index contributed by atoms with van der Waals surface area (Å²) >= 11 is 1.90. The summed E-state index contributed by atoms with van der Waals surface area (Å²) in [5.41, 5.74) is 1.23. The number of hydrogen-bond donors (Lipinski definition) is 1. The molecule has 1 aromatic heterocycles. The van der Waals surface area contributed by atoms with Crippen LogP contribution in [0.2, 0.25) is 0 Å². The topological polar surface area (TPSA) is 28.2 Å². The quantitative estimate of drug-likeness (QED) is 0.866. The maximum absolute atomic E-state index is 4.81. The lowest BCUT2D eigenvalue weighted by atomic mass is 9.93. The summed E-state index contributed by atoms with van der Waals surface area (Å²) in [7, 11) is 0. The van der Waals surface area contributed by atoms with Gasteiger partial charge in [-0.2, -0.15) is 0 Å². The first-order valence-electron chi connectivity index (χ1n) is 8.21. The molecule has 1 saturated heterocycles. The van der Waals surface area contributed by atoms with Gasteiger partial charge in [-0.05, 0) is 38.5 Å². The Bertz CT molecular complexity index is 431. The number of rotatable bonds is 6. The molecule has 2 fully saturated rings. The second-order valence-corrected chi connectivity index (χ2v) is 7.44. The highest BCUT2D eigenvalue weighted by molar-refractivity contribution is 7.15. The number of nitrogens with zero attached hydrogens (tertiary/aromatic N) is 2. The Morgan fingerprint density at radius 2 is 2.00 bits per heavy atom. The first-order chi connectivity index (χ1) is 9.76. The third-order valence-corrected chi connectivity index (χ3v) is 5.81. The van der Waals surface area contributed by atoms with Gasteiger partial charge in [0.05, 0.1) is 5.69 Å². The van der Waals surface area contributed by atoms with E-state index in [4.69, 9.17) is 4.98 Å². The summed E-state index contributed by atoms with van der Waals surface area (Å²) in [4.78, 5) is 8.75. The van der Waals surface area contributed by atoms with Crippen LogP contribution in [0.3, 0.4) is 0 Å². The molecular weight excluding hydrogens is 266 g/mol. The second kappa shape index (κ2) is 6.44. The number of nitrogens with one attached hydrogen (secondary N) is 1. The van der Waals surface area contributed by atoms with Crippen molar-refractivity contribution in [2.45, 2.75) is 65.0 Å². The summed E-state index contributed by atoms with van der Waals surface area (Å²) < 4.78 is 0. The van der Waals surface area contributed by atoms with Gasteiger partial charge in [0.15, 0.2) is 5.13 Å². The molecule has 0 aromatic carbocycles. The zero-order valence-corrected chi connectivity index (χ0v) is 13.6. The molecule has 0 bridgehead atoms. The third kappa shape index (κ3) is 3.53. The average molecular weight is 293 g/mol. The Morgan fingerprint density at radius 3 is 2.65 bits per heavy atom. The molecule has 0 unspecified atom stereocenters. The molecule has 0 spiro atoms. The molecule has 1 saturated carbocycles. The first-order valence-corrected chi connectivity index (χ1v) is 9.02. The first kappa shape index (κ1) is 14.3. The van der Waals surface area contributed by atoms with Gasteiger partial charge in [-0.15, -0.1) is 11.3 Å². The molecule has 4 heteroatoms. The largest absolute Gasteiger partial charge is 0.348 e. The number of aromatic nitrogens is 1. The molecule has 3 rings (SSSR count). The van der Waals surface area contributed by atoms with E-state index in [9.17, 15) is 0 Å². The third-order valence-electron chi connectivity index (χ3n) is 4.59. The van der Waals surface area contributed by atoms with Crippen molar-refractivity contribution in [2.24, 2.45) is 5.92 Å². The molecule has 20 heavy (non-hydrogen) atoms. The van der Waals surface area contributed by atoms with Crippen molar-refractivity contribution in [3.05, 3.63) is 10.6 Å². The monoisotopic (exact) mass is 293 g/mol. The van der Waals surface area contributed by atoms with E-state index in [0.29, 0.717) is 0 Å². The molecule has 3 nitrogen and oxygen atoms in total. The number of aryl methyl sites for hydroxylation is 1. The normalized spacial score (nSPS) is 20.6. The fourth-order valence-corrected chi connectivity index (χ4v) is 4.12. The van der Waals surface area contributed by atoms with Crippen molar-refractivity contribution in [3.63, 3.8) is 0 Å². The minimum Gasteiger partial charge on any atom is -0.348 e. The lowest BCUT2D eigenvalue weighted by Gasteiger charge is -2.31. The van der Waals surface area contributed by atoms with Gasteiger partial charge >= 0.3 is 0 Å². The molecule has 2 heterocycles. The Labute approximate surface area is 126 Å². The highest BCUT2D eigenvalue weighted by atomic mass is 32.1. The van der Waals surface area contributed by atoms with Crippen LogP contribution in [0.1, 0.15) is 56.0 Å². The lowest BCUT2D eigenvalue weighted by molar-refractivity contribution is 0.378. The van der Waals surface area contributed by atoms with E-state index in [1.165, 1.54) is 67.3 Å². The van der Waals surface area contributed by atoms with Gasteiger partial charge in [0.2, 0.25) is 0 Å². The molecule has 1 aliphatic carbocycles. The van der Waals surface area contributed by atoms with E-state index in [1.807, 2.05) is 11.3 Å². The van der Waals surface area contributed by atoms with Gasteiger partial charge in [0, 0.05) is 30.6 Å². The summed E-state index contributed by atoms with van der Waals surface area (Å²) in [5, 5.41) is 4.86. The predicted molar refractivity (Wildman–Crippen MR) is 86.6 cm³/mol. The van der Waals surface area contributed by atoms with E-state index in [0.717, 1.165) is 18.5 Å². The molecule has 1 aromatic rings. The number of thiazole rings is 1. The van der Waals surface area contributed by atoms with Crippen LogP contribution >= 0.6 is 11.3 Å². The Morgan fingerprint density at radius 1 is 1.25 bits per heavy atom. The maximum Gasteiger partial charge on any atom is 0.185 e. The van der Waals surface area contributed by atoms with E-state index >= 15 is 0 Å². The number of anilines is 1. The molecule has 0 radical (unpaired) electrons. The minimum absolute atomic E-state index is 0.782. The molecule has 1 aliphatic heterocycles. The van der Waals surface area contributed by atoms with Crippen molar-refractivity contribution in [1.82, 2.24) is 10.3 Å². The van der Waals surface area contributed by atoms with Gasteiger partial charge in [-0.3, -0.25) is 0 Å². The van der Waals surface area contributed by atoms with Gasteiger partial charge in [0.25, 0.3) is 0 Å². The molecule has 2 aliphatic rings. The van der Waals surface area contributed by atoms with Crippen LogP contribution in [0.4, 0.5) is 5.13 Å². The standard InChI is InChI=1S/C16H27N3S/c1-3-4-13-7-9-19(10-8-13)16-18-12(2)15(20-16)11-17-14-5-6-14/h13-14,17H,3-11H2,1-2H3. The second-order valence-electron chi connectivity index (χ2n) is 6.38. The van der Waals surface area contributed by atoms with Gasteiger partial charge in [-0.25, -0.2) is 4.98 Å². The van der Waals surface area contributed by atoms with Crippen LogP contribution in [-0.4, -0.2) is 24.1 Å². The summed E-state index contributed by atoms with van der Waals surface area (Å²) in [6.45, 7) is 7.88. The van der Waals surface area contributed by atoms with E-state index in [-0.39, 0.29) is 0 Å². The molecule has 0 atom stereocenters. The lowest BCUT2D eigenvalue weighted by Crippen LogP contribution is -2.33. The molecule has 0 amide bonds. The highest BCUT2D eigenvalue weighted by Crippen LogP contribution is 2.31. The van der Waals surface area contributed by atoms with Crippen LogP contribution in [0.5, 0.6) is 0 Å². The van der Waals surface area contributed by atoms with Gasteiger partial charge in [-0.1, -0.05) is 19.8 Å². The summed E-state index contributed by atoms with van der Waals surface area (Å²) in [6, 6.07) is 0.782. The zero-order valence-electron chi connectivity index (χ0n) is 12.8. The summed E-state index contributed by atoms with van der Waals surface area (Å²) in [6.07, 6.45) is 8.15. The number of piperidine rings is 1. The number of hydrogen-bond acceptors (Lipinski definition) is 4. The zero-order chi connectivity index (χ0) is 13.9. The van der Waals surface area contributed by atoms with E-state index < -0.39 is 0 Å². The molecule has 112 valence electrons. The summed E-state index contributed by atoms with van der Waals surface area (Å²) in [5.74, 6) is 0.952. The van der Waals surface area contributed by atoms with E-state index in [1.54, 1.807) is 0 Å². The predicted octanol–water partition coefficient (Wildman–Crippen LogP) is 3.72. The van der Waals surface area contributed by atoms with Crippen LogP contribution < -0.4 is 10.2 Å². The fourth-order valence-electron chi connectivity index (χ4n) is 3.06. The van der Waals surface area contributed by atoms with Crippen molar-refractivity contribution >= 4 is 16.5 Å². The maximum atomic E-state index is 4.81. The smallest absolute Gasteiger partial charge is 0.185 e. The Kier molecular flexibility index (Phi) is 4.61. The average Bonchev–Trinajstić information content (AvgIpc) is 3.21. The van der Waals surface area contributed by atoms with Crippen molar-refractivity contribution < 1.29 is 0 Å². The van der Waals surface area contributed by atoms with Crippen LogP contribution in [0, 0.1) is 12.8 Å². The van der Waals surface area contributed by atoms with Crippen LogP contribution in [-0.2, 0) is 6.54 Å². The van der Waals surface area contributed by atoms with Gasteiger partial charge in [0.1, 0.15) is 0 Å². The SMILES string of the molecule is CCCC1CCN(c2nc(C)c(CNC3CC3)s2)CC1. The van der Waals surface area contributed by atoms with Crippen molar-refractivity contribution in [1.29, 1.82) is 0 Å². The molecular formula is C16H27N3S. The Hall–Kier alpha value is -0.610. The highest BCUT2D eigenvalue weighted by Gasteiger charge is 2.23. The van der Waals surface area contributed by atoms with Crippen molar-refractivity contribution in [2.75, 3.05) is 18.0 Å². The minimum atomic E-state index is 0.782. The fraction of sp³-hybridized carbons (Fsp3) is 0.812. The van der Waals surface area contributed by atoms with E-state index in [2.05, 4.69) is 24.1 Å². The molecule has 1 N–H and O–H groups in total. The van der Waals surface area contributed by atoms with Crippen molar-refractivity contribution in [3.8, 4) is 0 Å².